The summed E-state index contributed by atoms with van der Waals surface area (Å²) in [5, 5.41) is 8.84. The van der Waals surface area contributed by atoms with E-state index < -0.39 is 0 Å². The molecule has 2 aliphatic heterocycles. The van der Waals surface area contributed by atoms with E-state index in [-0.39, 0.29) is 11.8 Å². The fraction of sp³-hybridized carbons (Fsp3) is 0.294. The van der Waals surface area contributed by atoms with Crippen molar-refractivity contribution in [2.24, 2.45) is 11.8 Å². The maximum atomic E-state index is 12.7. The van der Waals surface area contributed by atoms with Crippen LogP contribution in [0.15, 0.2) is 42.9 Å². The van der Waals surface area contributed by atoms with E-state index in [0.717, 1.165) is 24.6 Å². The van der Waals surface area contributed by atoms with Crippen LogP contribution in [-0.4, -0.2) is 35.5 Å². The monoisotopic (exact) mass is 305 g/mol. The van der Waals surface area contributed by atoms with Crippen molar-refractivity contribution in [1.82, 2.24) is 9.97 Å². The van der Waals surface area contributed by atoms with Crippen LogP contribution in [0, 0.1) is 23.2 Å². The quantitative estimate of drug-likeness (QED) is 0.839. The molecule has 0 unspecified atom stereocenters. The number of aromatic nitrogens is 2. The molecule has 6 nitrogen and oxygen atoms in total. The van der Waals surface area contributed by atoms with Crippen molar-refractivity contribution >= 4 is 17.4 Å². The van der Waals surface area contributed by atoms with Crippen LogP contribution in [0.2, 0.25) is 0 Å². The van der Waals surface area contributed by atoms with Gasteiger partial charge in [0, 0.05) is 37.9 Å². The van der Waals surface area contributed by atoms with E-state index in [4.69, 9.17) is 5.26 Å². The van der Waals surface area contributed by atoms with Crippen molar-refractivity contribution in [3.63, 3.8) is 0 Å². The molecule has 0 aliphatic carbocycles. The molecule has 0 N–H and O–H groups in total. The molecule has 0 aromatic carbocycles. The number of rotatable bonds is 2. The van der Waals surface area contributed by atoms with Crippen molar-refractivity contribution in [1.29, 1.82) is 5.26 Å². The van der Waals surface area contributed by atoms with Crippen LogP contribution in [0.1, 0.15) is 5.56 Å². The van der Waals surface area contributed by atoms with Gasteiger partial charge in [0.15, 0.2) is 0 Å². The van der Waals surface area contributed by atoms with Gasteiger partial charge in [-0.15, -0.1) is 0 Å². The lowest BCUT2D eigenvalue weighted by Gasteiger charge is -2.22. The molecule has 0 bridgehead atoms. The standard InChI is InChI=1S/C17H15N5O/c18-6-12-3-4-16(20-7-12)21-9-13-10-22(17(23)15(13)11-21)14-2-1-5-19-8-14/h1-5,7-8,13,15H,9-11H2/t13-,15-/m0/s1. The third kappa shape index (κ3) is 2.30. The summed E-state index contributed by atoms with van der Waals surface area (Å²) in [6.07, 6.45) is 5.02. The summed E-state index contributed by atoms with van der Waals surface area (Å²) in [7, 11) is 0. The van der Waals surface area contributed by atoms with Crippen LogP contribution in [0.4, 0.5) is 11.5 Å². The van der Waals surface area contributed by atoms with E-state index in [0.29, 0.717) is 18.0 Å². The largest absolute Gasteiger partial charge is 0.355 e. The predicted octanol–water partition coefficient (Wildman–Crippen LogP) is 1.45. The lowest BCUT2D eigenvalue weighted by Crippen LogP contribution is -2.33. The number of fused-ring (bicyclic) bond motifs is 1. The van der Waals surface area contributed by atoms with Gasteiger partial charge in [-0.1, -0.05) is 0 Å². The Hall–Kier alpha value is -2.94. The minimum Gasteiger partial charge on any atom is -0.355 e. The first-order chi connectivity index (χ1) is 11.3. The zero-order chi connectivity index (χ0) is 15.8. The van der Waals surface area contributed by atoms with Crippen LogP contribution in [-0.2, 0) is 4.79 Å². The molecule has 0 radical (unpaired) electrons. The molecule has 6 heteroatoms. The number of carbonyl (C=O) groups is 1. The summed E-state index contributed by atoms with van der Waals surface area (Å²) in [5.41, 5.74) is 1.42. The molecule has 2 aliphatic rings. The van der Waals surface area contributed by atoms with Crippen molar-refractivity contribution < 1.29 is 4.79 Å². The number of hydrogen-bond acceptors (Lipinski definition) is 5. The average Bonchev–Trinajstić information content (AvgIpc) is 3.16. The minimum atomic E-state index is 0.00708. The van der Waals surface area contributed by atoms with Gasteiger partial charge in [0.2, 0.25) is 5.91 Å². The number of carbonyl (C=O) groups excluding carboxylic acids is 1. The number of pyridine rings is 2. The van der Waals surface area contributed by atoms with Crippen molar-refractivity contribution in [3.05, 3.63) is 48.4 Å². The molecule has 2 aromatic rings. The summed E-state index contributed by atoms with van der Waals surface area (Å²) in [6.45, 7) is 2.22. The Labute approximate surface area is 134 Å². The van der Waals surface area contributed by atoms with Gasteiger partial charge >= 0.3 is 0 Å². The fourth-order valence-electron chi connectivity index (χ4n) is 3.43. The molecule has 1 amide bonds. The summed E-state index contributed by atoms with van der Waals surface area (Å²) >= 11 is 0. The Balaban J connectivity index is 1.50. The second-order valence-corrected chi connectivity index (χ2v) is 5.95. The molecular weight excluding hydrogens is 290 g/mol. The normalized spacial score (nSPS) is 23.0. The van der Waals surface area contributed by atoms with Gasteiger partial charge in [0.25, 0.3) is 0 Å². The lowest BCUT2D eigenvalue weighted by atomic mass is 10.0. The number of nitriles is 1. The second kappa shape index (κ2) is 5.36. The van der Waals surface area contributed by atoms with Crippen LogP contribution in [0.3, 0.4) is 0 Å². The van der Waals surface area contributed by atoms with Crippen molar-refractivity contribution in [2.45, 2.75) is 0 Å². The van der Waals surface area contributed by atoms with Gasteiger partial charge in [-0.3, -0.25) is 9.78 Å². The molecule has 4 rings (SSSR count). The molecule has 2 saturated heterocycles. The number of nitrogens with zero attached hydrogens (tertiary/aromatic N) is 5. The maximum absolute atomic E-state index is 12.7. The second-order valence-electron chi connectivity index (χ2n) is 5.95. The van der Waals surface area contributed by atoms with Gasteiger partial charge in [-0.25, -0.2) is 4.98 Å². The van der Waals surface area contributed by atoms with Crippen LogP contribution >= 0.6 is 0 Å². The SMILES string of the molecule is N#Cc1ccc(N2C[C@H]3CN(c4cccnc4)C(=O)[C@H]3C2)nc1. The highest BCUT2D eigenvalue weighted by molar-refractivity contribution is 5.98. The Morgan fingerprint density at radius 1 is 1.17 bits per heavy atom. The lowest BCUT2D eigenvalue weighted by molar-refractivity contribution is -0.120. The Kier molecular flexibility index (Phi) is 3.19. The molecule has 2 aromatic heterocycles. The van der Waals surface area contributed by atoms with Gasteiger partial charge in [0.05, 0.1) is 23.4 Å². The van der Waals surface area contributed by atoms with Crippen LogP contribution in [0.5, 0.6) is 0 Å². The molecule has 0 spiro atoms. The van der Waals surface area contributed by atoms with Crippen LogP contribution in [0.25, 0.3) is 0 Å². The highest BCUT2D eigenvalue weighted by Gasteiger charge is 2.46. The summed E-state index contributed by atoms with van der Waals surface area (Å²) in [6, 6.07) is 9.46. The molecule has 0 saturated carbocycles. The van der Waals surface area contributed by atoms with Crippen molar-refractivity contribution in [3.8, 4) is 6.07 Å². The average molecular weight is 305 g/mol. The third-order valence-corrected chi connectivity index (χ3v) is 4.60. The summed E-state index contributed by atoms with van der Waals surface area (Å²) in [5.74, 6) is 1.31. The third-order valence-electron chi connectivity index (χ3n) is 4.60. The minimum absolute atomic E-state index is 0.00708. The van der Waals surface area contributed by atoms with Crippen LogP contribution < -0.4 is 9.80 Å². The summed E-state index contributed by atoms with van der Waals surface area (Å²) in [4.78, 5) is 25.1. The zero-order valence-electron chi connectivity index (χ0n) is 12.5. The van der Waals surface area contributed by atoms with E-state index >= 15 is 0 Å². The van der Waals surface area contributed by atoms with Gasteiger partial charge < -0.3 is 9.80 Å². The first-order valence-corrected chi connectivity index (χ1v) is 7.59. The maximum Gasteiger partial charge on any atom is 0.232 e. The molecule has 4 heterocycles. The van der Waals surface area contributed by atoms with E-state index in [1.807, 2.05) is 23.1 Å². The number of hydrogen-bond donors (Lipinski definition) is 0. The molecule has 2 fully saturated rings. The predicted molar refractivity (Wildman–Crippen MR) is 84.7 cm³/mol. The van der Waals surface area contributed by atoms with E-state index in [1.54, 1.807) is 24.7 Å². The van der Waals surface area contributed by atoms with E-state index in [1.165, 1.54) is 0 Å². The Morgan fingerprint density at radius 2 is 2.09 bits per heavy atom. The Morgan fingerprint density at radius 3 is 2.74 bits per heavy atom. The smallest absolute Gasteiger partial charge is 0.232 e. The van der Waals surface area contributed by atoms with E-state index in [9.17, 15) is 4.79 Å². The molecule has 2 atom stereocenters. The van der Waals surface area contributed by atoms with Gasteiger partial charge in [-0.05, 0) is 24.3 Å². The number of amides is 1. The Bertz CT molecular complexity index is 768. The topological polar surface area (TPSA) is 73.1 Å². The molecule has 114 valence electrons. The molecule has 23 heavy (non-hydrogen) atoms. The van der Waals surface area contributed by atoms with Gasteiger partial charge in [0.1, 0.15) is 11.9 Å². The van der Waals surface area contributed by atoms with Gasteiger partial charge in [-0.2, -0.15) is 5.26 Å². The van der Waals surface area contributed by atoms with E-state index in [2.05, 4.69) is 20.9 Å². The number of anilines is 2. The first-order valence-electron chi connectivity index (χ1n) is 7.59. The first kappa shape index (κ1) is 13.7. The summed E-state index contributed by atoms with van der Waals surface area (Å²) < 4.78 is 0. The zero-order valence-corrected chi connectivity index (χ0v) is 12.5. The molecular formula is C17H15N5O. The highest BCUT2D eigenvalue weighted by atomic mass is 16.2. The van der Waals surface area contributed by atoms with Crippen molar-refractivity contribution in [2.75, 3.05) is 29.4 Å². The highest BCUT2D eigenvalue weighted by Crippen LogP contribution is 2.36. The fourth-order valence-corrected chi connectivity index (χ4v) is 3.43.